The molecule has 0 radical (unpaired) electrons. The Morgan fingerprint density at radius 3 is 1.80 bits per heavy atom. The van der Waals surface area contributed by atoms with Gasteiger partial charge in [-0.15, -0.1) is 0 Å². The number of piperidine rings is 1. The quantitative estimate of drug-likeness (QED) is 0.691. The molecule has 1 saturated carbocycles. The van der Waals surface area contributed by atoms with Crippen LogP contribution >= 0.6 is 0 Å². The normalized spacial score (nSPS) is 24.4. The van der Waals surface area contributed by atoms with Crippen LogP contribution in [0.4, 0.5) is 0 Å². The van der Waals surface area contributed by atoms with Gasteiger partial charge in [0.15, 0.2) is 0 Å². The number of nitrogens with one attached hydrogen (secondary N) is 1. The van der Waals surface area contributed by atoms with Crippen molar-refractivity contribution in [3.05, 3.63) is 0 Å². The first-order valence-electron chi connectivity index (χ1n) is 7.09. The average Bonchev–Trinajstić information content (AvgIpc) is 2.32. The highest BCUT2D eigenvalue weighted by atomic mass is 14.9. The minimum atomic E-state index is 1.08. The topological polar surface area (TPSA) is 12.0 Å². The smallest absolute Gasteiger partial charge is 0.00462 e. The second-order valence-corrected chi connectivity index (χ2v) is 5.19. The highest BCUT2D eigenvalue weighted by Gasteiger charge is 2.24. The molecule has 0 spiro atoms. The summed E-state index contributed by atoms with van der Waals surface area (Å²) in [5.74, 6) is 2.17. The predicted octanol–water partition coefficient (Wildman–Crippen LogP) is 3.98. The highest BCUT2D eigenvalue weighted by Crippen LogP contribution is 2.34. The van der Waals surface area contributed by atoms with Crippen LogP contribution in [0.15, 0.2) is 0 Å². The first kappa shape index (κ1) is 13.0. The fraction of sp³-hybridized carbons (Fsp3) is 1.00. The molecule has 1 aliphatic carbocycles. The third-order valence-electron chi connectivity index (χ3n) is 3.70. The third-order valence-corrected chi connectivity index (χ3v) is 3.70. The summed E-state index contributed by atoms with van der Waals surface area (Å²) in [7, 11) is 0. The van der Waals surface area contributed by atoms with E-state index in [4.69, 9.17) is 0 Å². The maximum Gasteiger partial charge on any atom is -0.00462 e. The summed E-state index contributed by atoms with van der Waals surface area (Å²) in [6.07, 6.45) is 11.7. The first-order valence-corrected chi connectivity index (χ1v) is 7.09. The van der Waals surface area contributed by atoms with E-state index in [9.17, 15) is 0 Å². The van der Waals surface area contributed by atoms with Crippen LogP contribution in [-0.2, 0) is 0 Å². The molecule has 0 amide bonds. The summed E-state index contributed by atoms with van der Waals surface area (Å²) in [6, 6.07) is 0. The zero-order chi connectivity index (χ0) is 10.9. The fourth-order valence-corrected chi connectivity index (χ4v) is 2.92. The monoisotopic (exact) mass is 211 g/mol. The van der Waals surface area contributed by atoms with E-state index >= 15 is 0 Å². The van der Waals surface area contributed by atoms with E-state index < -0.39 is 0 Å². The molecule has 2 rings (SSSR count). The van der Waals surface area contributed by atoms with Gasteiger partial charge in [-0.1, -0.05) is 52.4 Å². The standard InChI is InChI=1S/C11H21N.C3H8/c1-2-4-10(5-3-1)11-6-8-12-9-7-11;1-3-2/h10-12H,1-9H2;3H2,1-2H3. The van der Waals surface area contributed by atoms with Gasteiger partial charge in [-0.05, 0) is 37.8 Å². The van der Waals surface area contributed by atoms with Crippen LogP contribution in [0.2, 0.25) is 0 Å². The second-order valence-electron chi connectivity index (χ2n) is 5.19. The van der Waals surface area contributed by atoms with E-state index in [1.54, 1.807) is 0 Å². The maximum atomic E-state index is 3.45. The number of hydrogen-bond donors (Lipinski definition) is 1. The molecule has 0 atom stereocenters. The van der Waals surface area contributed by atoms with Crippen molar-refractivity contribution in [2.45, 2.75) is 65.2 Å². The van der Waals surface area contributed by atoms with Crippen molar-refractivity contribution in [3.8, 4) is 0 Å². The molecule has 1 aliphatic heterocycles. The zero-order valence-electron chi connectivity index (χ0n) is 10.7. The molecule has 0 aromatic heterocycles. The van der Waals surface area contributed by atoms with Crippen LogP contribution in [0.1, 0.15) is 65.2 Å². The SMILES string of the molecule is C1CCC(C2CCNCC2)CC1.CCC. The first-order chi connectivity index (χ1) is 7.38. The molecule has 1 saturated heterocycles. The van der Waals surface area contributed by atoms with Gasteiger partial charge in [-0.2, -0.15) is 0 Å². The van der Waals surface area contributed by atoms with E-state index in [1.807, 2.05) is 0 Å². The summed E-state index contributed by atoms with van der Waals surface area (Å²) in [4.78, 5) is 0. The largest absolute Gasteiger partial charge is 0.317 e. The lowest BCUT2D eigenvalue weighted by atomic mass is 9.76. The zero-order valence-corrected chi connectivity index (χ0v) is 10.7. The van der Waals surface area contributed by atoms with Gasteiger partial charge in [0.05, 0.1) is 0 Å². The Morgan fingerprint density at radius 1 is 0.800 bits per heavy atom. The van der Waals surface area contributed by atoms with Crippen molar-refractivity contribution in [2.75, 3.05) is 13.1 Å². The van der Waals surface area contributed by atoms with E-state index in [0.717, 1.165) is 11.8 Å². The molecular formula is C14H29N. The van der Waals surface area contributed by atoms with Crippen molar-refractivity contribution in [3.63, 3.8) is 0 Å². The molecule has 1 nitrogen and oxygen atoms in total. The lowest BCUT2D eigenvalue weighted by molar-refractivity contribution is 0.204. The van der Waals surface area contributed by atoms with E-state index in [0.29, 0.717) is 0 Å². The van der Waals surface area contributed by atoms with Gasteiger partial charge in [0, 0.05) is 0 Å². The van der Waals surface area contributed by atoms with Gasteiger partial charge in [0.2, 0.25) is 0 Å². The Morgan fingerprint density at radius 2 is 1.27 bits per heavy atom. The average molecular weight is 211 g/mol. The van der Waals surface area contributed by atoms with Crippen molar-refractivity contribution >= 4 is 0 Å². The van der Waals surface area contributed by atoms with Gasteiger partial charge in [-0.25, -0.2) is 0 Å². The summed E-state index contributed by atoms with van der Waals surface area (Å²) >= 11 is 0. The Hall–Kier alpha value is -0.0400. The highest BCUT2D eigenvalue weighted by molar-refractivity contribution is 4.78. The van der Waals surface area contributed by atoms with Crippen molar-refractivity contribution < 1.29 is 0 Å². The third kappa shape index (κ3) is 5.01. The van der Waals surface area contributed by atoms with E-state index in [2.05, 4.69) is 19.2 Å². The molecule has 1 N–H and O–H groups in total. The molecule has 0 bridgehead atoms. The molecule has 0 unspecified atom stereocenters. The van der Waals surface area contributed by atoms with Crippen molar-refractivity contribution in [1.82, 2.24) is 5.32 Å². The van der Waals surface area contributed by atoms with Crippen molar-refractivity contribution in [2.24, 2.45) is 11.8 Å². The van der Waals surface area contributed by atoms with E-state index in [-0.39, 0.29) is 0 Å². The van der Waals surface area contributed by atoms with Gasteiger partial charge in [0.1, 0.15) is 0 Å². The molecule has 0 aromatic carbocycles. The van der Waals surface area contributed by atoms with Crippen LogP contribution in [0, 0.1) is 11.8 Å². The van der Waals surface area contributed by atoms with Gasteiger partial charge in [0.25, 0.3) is 0 Å². The molecular weight excluding hydrogens is 182 g/mol. The van der Waals surface area contributed by atoms with Crippen LogP contribution in [0.5, 0.6) is 0 Å². The lowest BCUT2D eigenvalue weighted by Crippen LogP contribution is -2.32. The fourth-order valence-electron chi connectivity index (χ4n) is 2.92. The summed E-state index contributed by atoms with van der Waals surface area (Å²) < 4.78 is 0. The summed E-state index contributed by atoms with van der Waals surface area (Å²) in [5, 5.41) is 3.45. The summed E-state index contributed by atoms with van der Waals surface area (Å²) in [6.45, 7) is 6.81. The van der Waals surface area contributed by atoms with Gasteiger partial charge >= 0.3 is 0 Å². The van der Waals surface area contributed by atoms with Crippen molar-refractivity contribution in [1.29, 1.82) is 0 Å². The molecule has 1 heterocycles. The van der Waals surface area contributed by atoms with Gasteiger partial charge in [-0.3, -0.25) is 0 Å². The van der Waals surface area contributed by atoms with E-state index in [1.165, 1.54) is 64.5 Å². The Labute approximate surface area is 96.0 Å². The molecule has 90 valence electrons. The van der Waals surface area contributed by atoms with Crippen LogP contribution in [0.25, 0.3) is 0 Å². The Balaban J connectivity index is 0.000000337. The Bertz CT molecular complexity index is 116. The molecule has 2 aliphatic rings. The van der Waals surface area contributed by atoms with Crippen LogP contribution in [-0.4, -0.2) is 13.1 Å². The van der Waals surface area contributed by atoms with Crippen LogP contribution in [0.3, 0.4) is 0 Å². The lowest BCUT2D eigenvalue weighted by Gasteiger charge is -2.33. The predicted molar refractivity (Wildman–Crippen MR) is 68.1 cm³/mol. The second kappa shape index (κ2) is 8.15. The van der Waals surface area contributed by atoms with Gasteiger partial charge < -0.3 is 5.32 Å². The summed E-state index contributed by atoms with van der Waals surface area (Å²) in [5.41, 5.74) is 0. The number of rotatable bonds is 1. The maximum absolute atomic E-state index is 3.45. The minimum Gasteiger partial charge on any atom is -0.317 e. The van der Waals surface area contributed by atoms with Crippen LogP contribution < -0.4 is 5.32 Å². The Kier molecular flexibility index (Phi) is 7.08. The molecule has 2 fully saturated rings. The molecule has 1 heteroatoms. The molecule has 15 heavy (non-hydrogen) atoms. The number of hydrogen-bond acceptors (Lipinski definition) is 1. The minimum absolute atomic E-state index is 1.08. The molecule has 0 aromatic rings.